The summed E-state index contributed by atoms with van der Waals surface area (Å²) in [5.74, 6) is 0.666. The number of carbonyl (C=O) groups is 1. The zero-order valence-electron chi connectivity index (χ0n) is 14.5. The zero-order chi connectivity index (χ0) is 17.9. The molecule has 1 aromatic carbocycles. The largest absolute Gasteiger partial charge is 0.367 e. The molecule has 3 heterocycles. The van der Waals surface area contributed by atoms with Gasteiger partial charge in [-0.25, -0.2) is 9.97 Å². The molecule has 6 heteroatoms. The molecule has 26 heavy (non-hydrogen) atoms. The molecule has 1 amide bonds. The number of rotatable bonds is 3. The molecule has 6 nitrogen and oxygen atoms in total. The summed E-state index contributed by atoms with van der Waals surface area (Å²) in [4.78, 5) is 23.3. The minimum absolute atomic E-state index is 0.00940. The zero-order valence-corrected chi connectivity index (χ0v) is 14.5. The molecule has 4 rings (SSSR count). The molecular weight excluding hydrogens is 328 g/mol. The molecule has 2 unspecified atom stereocenters. The SMILES string of the molecule is CC1CN(C(=O)c2ccnc(-n3ccnc3)c2)CC(c2ccccc2)O1. The minimum atomic E-state index is -0.112. The van der Waals surface area contributed by atoms with Crippen molar-refractivity contribution in [2.24, 2.45) is 0 Å². The number of pyridine rings is 1. The highest BCUT2D eigenvalue weighted by Crippen LogP contribution is 2.26. The Balaban J connectivity index is 1.57. The van der Waals surface area contributed by atoms with Gasteiger partial charge in [0.15, 0.2) is 0 Å². The molecule has 1 aliphatic rings. The lowest BCUT2D eigenvalue weighted by molar-refractivity contribution is -0.0691. The van der Waals surface area contributed by atoms with Crippen molar-refractivity contribution in [3.8, 4) is 5.82 Å². The Kier molecular flexibility index (Phi) is 4.50. The standard InChI is InChI=1S/C20H20N4O2/c1-15-12-24(13-18(26-15)16-5-3-2-4-6-16)20(25)17-7-8-22-19(11-17)23-10-9-21-14-23/h2-11,14-15,18H,12-13H2,1H3. The van der Waals surface area contributed by atoms with Gasteiger partial charge in [-0.2, -0.15) is 0 Å². The van der Waals surface area contributed by atoms with Gasteiger partial charge in [0.25, 0.3) is 5.91 Å². The number of nitrogens with zero attached hydrogens (tertiary/aromatic N) is 4. The molecule has 132 valence electrons. The van der Waals surface area contributed by atoms with Crippen molar-refractivity contribution in [2.45, 2.75) is 19.1 Å². The van der Waals surface area contributed by atoms with E-state index in [9.17, 15) is 4.79 Å². The van der Waals surface area contributed by atoms with E-state index < -0.39 is 0 Å². The normalized spacial score (nSPS) is 20.1. The van der Waals surface area contributed by atoms with E-state index in [1.807, 2.05) is 42.2 Å². The quantitative estimate of drug-likeness (QED) is 0.730. The van der Waals surface area contributed by atoms with E-state index in [-0.39, 0.29) is 18.1 Å². The molecule has 0 N–H and O–H groups in total. The average molecular weight is 348 g/mol. The number of hydrogen-bond acceptors (Lipinski definition) is 4. The van der Waals surface area contributed by atoms with Crippen molar-refractivity contribution >= 4 is 5.91 Å². The molecular formula is C20H20N4O2. The van der Waals surface area contributed by atoms with Crippen LogP contribution >= 0.6 is 0 Å². The average Bonchev–Trinajstić information content (AvgIpc) is 3.23. The Morgan fingerprint density at radius 1 is 1.15 bits per heavy atom. The van der Waals surface area contributed by atoms with Gasteiger partial charge in [0.1, 0.15) is 18.2 Å². The van der Waals surface area contributed by atoms with E-state index in [4.69, 9.17) is 4.74 Å². The fraction of sp³-hybridized carbons (Fsp3) is 0.250. The topological polar surface area (TPSA) is 60.2 Å². The number of ether oxygens (including phenoxy) is 1. The van der Waals surface area contributed by atoms with Crippen LogP contribution in [0.1, 0.15) is 28.9 Å². The summed E-state index contributed by atoms with van der Waals surface area (Å²) in [6.45, 7) is 3.11. The van der Waals surface area contributed by atoms with Gasteiger partial charge >= 0.3 is 0 Å². The van der Waals surface area contributed by atoms with Gasteiger partial charge in [0.2, 0.25) is 0 Å². The maximum absolute atomic E-state index is 13.1. The molecule has 1 fully saturated rings. The van der Waals surface area contributed by atoms with E-state index in [0.29, 0.717) is 24.5 Å². The third-order valence-electron chi connectivity index (χ3n) is 4.48. The van der Waals surface area contributed by atoms with Crippen LogP contribution in [-0.4, -0.2) is 44.5 Å². The number of benzene rings is 1. The highest BCUT2D eigenvalue weighted by molar-refractivity contribution is 5.94. The van der Waals surface area contributed by atoms with Crippen molar-refractivity contribution in [3.63, 3.8) is 0 Å². The van der Waals surface area contributed by atoms with Crippen LogP contribution in [0.3, 0.4) is 0 Å². The Labute approximate surface area is 152 Å². The van der Waals surface area contributed by atoms with Crippen LogP contribution in [0.4, 0.5) is 0 Å². The monoisotopic (exact) mass is 348 g/mol. The minimum Gasteiger partial charge on any atom is -0.367 e. The molecule has 0 bridgehead atoms. The molecule has 0 aliphatic carbocycles. The summed E-state index contributed by atoms with van der Waals surface area (Å²) in [7, 11) is 0. The molecule has 1 saturated heterocycles. The third kappa shape index (κ3) is 3.36. The summed E-state index contributed by atoms with van der Waals surface area (Å²) in [6.07, 6.45) is 6.68. The van der Waals surface area contributed by atoms with E-state index in [2.05, 4.69) is 9.97 Å². The molecule has 2 atom stereocenters. The molecule has 0 saturated carbocycles. The van der Waals surface area contributed by atoms with Crippen LogP contribution in [0.25, 0.3) is 5.82 Å². The van der Waals surface area contributed by atoms with Gasteiger partial charge in [0.05, 0.1) is 12.6 Å². The first-order valence-corrected chi connectivity index (χ1v) is 8.65. The van der Waals surface area contributed by atoms with Crippen LogP contribution in [0.15, 0.2) is 67.4 Å². The van der Waals surface area contributed by atoms with E-state index >= 15 is 0 Å². The molecule has 0 spiro atoms. The van der Waals surface area contributed by atoms with E-state index in [0.717, 1.165) is 5.56 Å². The fourth-order valence-corrected chi connectivity index (χ4v) is 3.24. The molecule has 3 aromatic rings. The first-order valence-electron chi connectivity index (χ1n) is 8.65. The molecule has 0 radical (unpaired) electrons. The van der Waals surface area contributed by atoms with Gasteiger partial charge in [-0.3, -0.25) is 9.36 Å². The summed E-state index contributed by atoms with van der Waals surface area (Å²) in [6, 6.07) is 13.6. The predicted molar refractivity (Wildman–Crippen MR) is 97.0 cm³/mol. The van der Waals surface area contributed by atoms with Crippen molar-refractivity contribution in [1.82, 2.24) is 19.4 Å². The maximum Gasteiger partial charge on any atom is 0.254 e. The number of hydrogen-bond donors (Lipinski definition) is 0. The van der Waals surface area contributed by atoms with Gasteiger partial charge in [-0.15, -0.1) is 0 Å². The van der Waals surface area contributed by atoms with Crippen LogP contribution in [0, 0.1) is 0 Å². The van der Waals surface area contributed by atoms with Gasteiger partial charge in [-0.1, -0.05) is 30.3 Å². The van der Waals surface area contributed by atoms with Crippen molar-refractivity contribution in [1.29, 1.82) is 0 Å². The highest BCUT2D eigenvalue weighted by atomic mass is 16.5. The smallest absolute Gasteiger partial charge is 0.254 e. The summed E-state index contributed by atoms with van der Waals surface area (Å²) < 4.78 is 7.84. The lowest BCUT2D eigenvalue weighted by Gasteiger charge is -2.37. The number of morpholine rings is 1. The third-order valence-corrected chi connectivity index (χ3v) is 4.48. The second-order valence-electron chi connectivity index (χ2n) is 6.43. The van der Waals surface area contributed by atoms with Crippen molar-refractivity contribution in [3.05, 3.63) is 78.5 Å². The second kappa shape index (κ2) is 7.09. The van der Waals surface area contributed by atoms with Gasteiger partial charge in [-0.05, 0) is 24.6 Å². The highest BCUT2D eigenvalue weighted by Gasteiger charge is 2.30. The molecule has 1 aliphatic heterocycles. The second-order valence-corrected chi connectivity index (χ2v) is 6.43. The van der Waals surface area contributed by atoms with Crippen LogP contribution in [0.2, 0.25) is 0 Å². The Hall–Kier alpha value is -2.99. The maximum atomic E-state index is 13.1. The number of aromatic nitrogens is 3. The Morgan fingerprint density at radius 3 is 2.77 bits per heavy atom. The summed E-state index contributed by atoms with van der Waals surface area (Å²) in [5, 5.41) is 0. The van der Waals surface area contributed by atoms with Gasteiger partial charge < -0.3 is 9.64 Å². The van der Waals surface area contributed by atoms with Crippen LogP contribution < -0.4 is 0 Å². The number of carbonyl (C=O) groups excluding carboxylic acids is 1. The fourth-order valence-electron chi connectivity index (χ4n) is 3.24. The number of amides is 1. The number of imidazole rings is 1. The summed E-state index contributed by atoms with van der Waals surface area (Å²) in [5.41, 5.74) is 1.70. The van der Waals surface area contributed by atoms with Crippen molar-refractivity contribution < 1.29 is 9.53 Å². The Morgan fingerprint density at radius 2 is 2.00 bits per heavy atom. The molecule has 2 aromatic heterocycles. The van der Waals surface area contributed by atoms with E-state index in [1.54, 1.807) is 41.6 Å². The lowest BCUT2D eigenvalue weighted by Crippen LogP contribution is -2.46. The van der Waals surface area contributed by atoms with E-state index in [1.165, 1.54) is 0 Å². The first kappa shape index (κ1) is 16.5. The van der Waals surface area contributed by atoms with Crippen LogP contribution in [-0.2, 0) is 4.74 Å². The predicted octanol–water partition coefficient (Wildman–Crippen LogP) is 2.87. The first-order chi connectivity index (χ1) is 12.7. The van der Waals surface area contributed by atoms with Gasteiger partial charge in [0, 0.05) is 30.7 Å². The van der Waals surface area contributed by atoms with Crippen molar-refractivity contribution in [2.75, 3.05) is 13.1 Å². The Bertz CT molecular complexity index is 880. The van der Waals surface area contributed by atoms with Crippen LogP contribution in [0.5, 0.6) is 0 Å². The summed E-state index contributed by atoms with van der Waals surface area (Å²) >= 11 is 0. The lowest BCUT2D eigenvalue weighted by atomic mass is 10.1.